The SMILES string of the molecule is C[C@H](O)c1nccn1[C@@H](C#Cc1ccc(-c2ccc([C@H]3Cc4ncnn4C3)cc2)cc1)CO. The molecule has 5 rings (SSSR count). The molecule has 166 valence electrons. The second-order valence-electron chi connectivity index (χ2n) is 8.30. The predicted molar refractivity (Wildman–Crippen MR) is 124 cm³/mol. The van der Waals surface area contributed by atoms with Gasteiger partial charge in [-0.3, -0.25) is 0 Å². The lowest BCUT2D eigenvalue weighted by Gasteiger charge is -2.14. The van der Waals surface area contributed by atoms with Crippen molar-refractivity contribution < 1.29 is 10.2 Å². The van der Waals surface area contributed by atoms with E-state index >= 15 is 0 Å². The molecule has 2 N–H and O–H groups in total. The van der Waals surface area contributed by atoms with E-state index in [-0.39, 0.29) is 6.61 Å². The van der Waals surface area contributed by atoms with E-state index in [9.17, 15) is 10.2 Å². The number of nitrogens with zero attached hydrogens (tertiary/aromatic N) is 5. The van der Waals surface area contributed by atoms with E-state index in [1.165, 1.54) is 5.56 Å². The van der Waals surface area contributed by atoms with Gasteiger partial charge in [0.25, 0.3) is 0 Å². The van der Waals surface area contributed by atoms with Crippen LogP contribution in [0.2, 0.25) is 0 Å². The third-order valence-corrected chi connectivity index (χ3v) is 6.08. The summed E-state index contributed by atoms with van der Waals surface area (Å²) in [5, 5.41) is 23.9. The molecule has 0 radical (unpaired) electrons. The van der Waals surface area contributed by atoms with Gasteiger partial charge in [-0.1, -0.05) is 48.2 Å². The highest BCUT2D eigenvalue weighted by Crippen LogP contribution is 2.29. The zero-order valence-electron chi connectivity index (χ0n) is 18.3. The summed E-state index contributed by atoms with van der Waals surface area (Å²) in [7, 11) is 0. The van der Waals surface area contributed by atoms with E-state index in [4.69, 9.17) is 0 Å². The number of aliphatic hydroxyl groups excluding tert-OH is 2. The summed E-state index contributed by atoms with van der Waals surface area (Å²) in [4.78, 5) is 8.47. The van der Waals surface area contributed by atoms with Crippen LogP contribution in [0, 0.1) is 11.8 Å². The van der Waals surface area contributed by atoms with Gasteiger partial charge in [0, 0.05) is 30.3 Å². The molecule has 2 aromatic heterocycles. The van der Waals surface area contributed by atoms with Gasteiger partial charge in [-0.2, -0.15) is 5.10 Å². The van der Waals surface area contributed by atoms with Crippen molar-refractivity contribution in [3.63, 3.8) is 0 Å². The van der Waals surface area contributed by atoms with Gasteiger partial charge in [-0.05, 0) is 35.7 Å². The summed E-state index contributed by atoms with van der Waals surface area (Å²) in [5.74, 6) is 8.18. The van der Waals surface area contributed by atoms with Gasteiger partial charge in [0.05, 0.1) is 13.2 Å². The van der Waals surface area contributed by atoms with Crippen molar-refractivity contribution in [3.8, 4) is 23.0 Å². The first-order valence-electron chi connectivity index (χ1n) is 11.0. The summed E-state index contributed by atoms with van der Waals surface area (Å²) in [5.41, 5.74) is 4.44. The molecule has 0 saturated heterocycles. The van der Waals surface area contributed by atoms with E-state index in [0.717, 1.165) is 35.5 Å². The molecule has 1 aliphatic heterocycles. The average Bonchev–Trinajstić information content (AvgIpc) is 3.57. The molecule has 0 fully saturated rings. The molecule has 0 aliphatic carbocycles. The topological polar surface area (TPSA) is 89.0 Å². The average molecular weight is 440 g/mol. The molecular formula is C26H25N5O2. The molecule has 3 heterocycles. The first-order chi connectivity index (χ1) is 16.1. The minimum atomic E-state index is -0.727. The van der Waals surface area contributed by atoms with Gasteiger partial charge in [0.1, 0.15) is 30.1 Å². The van der Waals surface area contributed by atoms with Crippen molar-refractivity contribution in [2.24, 2.45) is 0 Å². The lowest BCUT2D eigenvalue weighted by atomic mass is 9.95. The third kappa shape index (κ3) is 4.31. The van der Waals surface area contributed by atoms with Gasteiger partial charge >= 0.3 is 0 Å². The molecule has 3 atom stereocenters. The van der Waals surface area contributed by atoms with Crippen LogP contribution in [0.3, 0.4) is 0 Å². The van der Waals surface area contributed by atoms with Crippen LogP contribution in [0.5, 0.6) is 0 Å². The summed E-state index contributed by atoms with van der Waals surface area (Å²) in [6, 6.07) is 16.3. The monoisotopic (exact) mass is 439 g/mol. The Labute approximate surface area is 192 Å². The van der Waals surface area contributed by atoms with Gasteiger partial charge in [-0.25, -0.2) is 14.6 Å². The van der Waals surface area contributed by atoms with Crippen LogP contribution in [0.4, 0.5) is 0 Å². The van der Waals surface area contributed by atoms with Crippen LogP contribution in [0.25, 0.3) is 11.1 Å². The van der Waals surface area contributed by atoms with E-state index in [2.05, 4.69) is 63.3 Å². The lowest BCUT2D eigenvalue weighted by Crippen LogP contribution is -2.15. The molecule has 0 unspecified atom stereocenters. The minimum absolute atomic E-state index is 0.161. The Morgan fingerprint density at radius 2 is 1.79 bits per heavy atom. The zero-order chi connectivity index (χ0) is 22.8. The van der Waals surface area contributed by atoms with Gasteiger partial charge < -0.3 is 14.8 Å². The molecule has 7 nitrogen and oxygen atoms in total. The molecule has 33 heavy (non-hydrogen) atoms. The zero-order valence-corrected chi connectivity index (χ0v) is 18.3. The second kappa shape index (κ2) is 9.02. The summed E-state index contributed by atoms with van der Waals surface area (Å²) in [6.45, 7) is 2.37. The molecule has 0 amide bonds. The third-order valence-electron chi connectivity index (χ3n) is 6.08. The van der Waals surface area contributed by atoms with Crippen molar-refractivity contribution >= 4 is 0 Å². The Balaban J connectivity index is 1.28. The second-order valence-corrected chi connectivity index (χ2v) is 8.30. The predicted octanol–water partition coefficient (Wildman–Crippen LogP) is 3.12. The highest BCUT2D eigenvalue weighted by molar-refractivity contribution is 5.64. The highest BCUT2D eigenvalue weighted by Gasteiger charge is 2.24. The van der Waals surface area contributed by atoms with Crippen molar-refractivity contribution in [1.29, 1.82) is 0 Å². The van der Waals surface area contributed by atoms with Crippen LogP contribution in [0.15, 0.2) is 67.3 Å². The number of aliphatic hydroxyl groups is 2. The molecule has 0 saturated carbocycles. The lowest BCUT2D eigenvalue weighted by molar-refractivity contribution is 0.176. The summed E-state index contributed by atoms with van der Waals surface area (Å²) < 4.78 is 3.69. The van der Waals surface area contributed by atoms with Crippen molar-refractivity contribution in [3.05, 3.63) is 90.0 Å². The van der Waals surface area contributed by atoms with E-state index in [1.807, 2.05) is 16.8 Å². The molecule has 1 aliphatic rings. The molecule has 0 spiro atoms. The summed E-state index contributed by atoms with van der Waals surface area (Å²) in [6.07, 6.45) is 5.15. The minimum Gasteiger partial charge on any atom is -0.393 e. The van der Waals surface area contributed by atoms with Crippen LogP contribution in [-0.2, 0) is 13.0 Å². The molecule has 7 heteroatoms. The number of benzene rings is 2. The fraction of sp³-hybridized carbons (Fsp3) is 0.269. The molecule has 2 aromatic carbocycles. The van der Waals surface area contributed by atoms with Crippen LogP contribution in [0.1, 0.15) is 47.8 Å². The van der Waals surface area contributed by atoms with Gasteiger partial charge in [-0.15, -0.1) is 0 Å². The Morgan fingerprint density at radius 1 is 1.06 bits per heavy atom. The Hall–Kier alpha value is -3.73. The Bertz CT molecular complexity index is 1270. The maximum atomic E-state index is 9.85. The summed E-state index contributed by atoms with van der Waals surface area (Å²) >= 11 is 0. The number of imidazole rings is 1. The first kappa shape index (κ1) is 21.1. The van der Waals surface area contributed by atoms with Crippen LogP contribution in [-0.4, -0.2) is 41.1 Å². The van der Waals surface area contributed by atoms with Crippen LogP contribution >= 0.6 is 0 Å². The van der Waals surface area contributed by atoms with E-state index < -0.39 is 12.1 Å². The Kier molecular flexibility index (Phi) is 5.78. The van der Waals surface area contributed by atoms with Crippen molar-refractivity contribution in [2.45, 2.75) is 38.0 Å². The fourth-order valence-electron chi connectivity index (χ4n) is 4.29. The molecule has 0 bridgehead atoms. The Morgan fingerprint density at radius 3 is 2.45 bits per heavy atom. The number of fused-ring (bicyclic) bond motifs is 1. The largest absolute Gasteiger partial charge is 0.393 e. The van der Waals surface area contributed by atoms with Gasteiger partial charge in [0.2, 0.25) is 0 Å². The van der Waals surface area contributed by atoms with E-state index in [0.29, 0.717) is 11.7 Å². The molecular weight excluding hydrogens is 414 g/mol. The highest BCUT2D eigenvalue weighted by atomic mass is 16.3. The maximum absolute atomic E-state index is 9.85. The standard InChI is InChI=1S/C26H25N5O2/c1-18(33)26-27-12-13-30(26)24(16-32)11-4-19-2-5-20(6-3-19)21-7-9-22(10-8-21)23-14-25-28-17-29-31(25)15-23/h2-3,5-10,12-13,17-18,23-24,32-33H,14-16H2,1H3/t18-,23-,24-/m0/s1. The number of aromatic nitrogens is 5. The van der Waals surface area contributed by atoms with Crippen molar-refractivity contribution in [2.75, 3.05) is 6.61 Å². The maximum Gasteiger partial charge on any atom is 0.138 e. The van der Waals surface area contributed by atoms with Gasteiger partial charge in [0.15, 0.2) is 0 Å². The fourth-order valence-corrected chi connectivity index (χ4v) is 4.29. The van der Waals surface area contributed by atoms with Crippen molar-refractivity contribution in [1.82, 2.24) is 24.3 Å². The normalized spacial score (nSPS) is 16.6. The van der Waals surface area contributed by atoms with E-state index in [1.54, 1.807) is 30.2 Å². The number of rotatable bonds is 5. The smallest absolute Gasteiger partial charge is 0.138 e. The number of hydrogen-bond donors (Lipinski definition) is 2. The molecule has 4 aromatic rings. The number of hydrogen-bond acceptors (Lipinski definition) is 5. The quantitative estimate of drug-likeness (QED) is 0.467. The first-order valence-corrected chi connectivity index (χ1v) is 11.0. The van der Waals surface area contributed by atoms with Crippen LogP contribution < -0.4 is 0 Å².